The first-order chi connectivity index (χ1) is 12.3. The first-order valence-corrected chi connectivity index (χ1v) is 10.2. The largest absolute Gasteiger partial charge is 0.351 e. The predicted molar refractivity (Wildman–Crippen MR) is 99.3 cm³/mol. The zero-order valence-corrected chi connectivity index (χ0v) is 15.6. The van der Waals surface area contributed by atoms with E-state index >= 15 is 0 Å². The third kappa shape index (κ3) is 3.71. The van der Waals surface area contributed by atoms with E-state index in [-0.39, 0.29) is 35.3 Å². The van der Waals surface area contributed by atoms with Gasteiger partial charge in [0.25, 0.3) is 0 Å². The average molecular weight is 394 g/mol. The number of nitrogens with two attached hydrogens (primary N) is 1. The van der Waals surface area contributed by atoms with Crippen molar-refractivity contribution in [3.8, 4) is 0 Å². The van der Waals surface area contributed by atoms with Gasteiger partial charge in [0, 0.05) is 24.9 Å². The van der Waals surface area contributed by atoms with Gasteiger partial charge in [0.15, 0.2) is 0 Å². The van der Waals surface area contributed by atoms with Crippen molar-refractivity contribution >= 4 is 38.3 Å². The normalized spacial score (nSPS) is 11.8. The maximum atomic E-state index is 12.3. The number of nitrogens with one attached hydrogen (secondary N) is 1. The molecule has 0 aliphatic rings. The molecule has 0 saturated heterocycles. The van der Waals surface area contributed by atoms with Crippen LogP contribution in [0.15, 0.2) is 45.4 Å². The van der Waals surface area contributed by atoms with Crippen molar-refractivity contribution in [3.05, 3.63) is 51.8 Å². The highest BCUT2D eigenvalue weighted by molar-refractivity contribution is 7.91. The van der Waals surface area contributed by atoms with E-state index in [1.54, 1.807) is 22.2 Å². The summed E-state index contributed by atoms with van der Waals surface area (Å²) in [6, 6.07) is 10.4. The molecule has 1 aromatic carbocycles. The van der Waals surface area contributed by atoms with Crippen LogP contribution in [0, 0.1) is 0 Å². The summed E-state index contributed by atoms with van der Waals surface area (Å²) in [4.78, 5) is 25.1. The van der Waals surface area contributed by atoms with Gasteiger partial charge in [0.2, 0.25) is 15.9 Å². The number of imidazole rings is 1. The van der Waals surface area contributed by atoms with E-state index in [0.717, 1.165) is 22.4 Å². The second-order valence-corrected chi connectivity index (χ2v) is 8.73. The van der Waals surface area contributed by atoms with E-state index in [9.17, 15) is 18.0 Å². The fourth-order valence-electron chi connectivity index (χ4n) is 2.67. The average Bonchev–Trinajstić information content (AvgIpc) is 3.17. The quantitative estimate of drug-likeness (QED) is 0.642. The van der Waals surface area contributed by atoms with Crippen LogP contribution in [0.4, 0.5) is 0 Å². The van der Waals surface area contributed by atoms with E-state index in [0.29, 0.717) is 4.88 Å². The van der Waals surface area contributed by atoms with E-state index in [2.05, 4.69) is 5.32 Å². The second kappa shape index (κ2) is 7.06. The summed E-state index contributed by atoms with van der Waals surface area (Å²) in [6.07, 6.45) is 0.140. The molecule has 0 atom stereocenters. The summed E-state index contributed by atoms with van der Waals surface area (Å²) in [7, 11) is -2.03. The van der Waals surface area contributed by atoms with Gasteiger partial charge in [-0.2, -0.15) is 0 Å². The molecule has 3 aromatic rings. The number of fused-ring (bicyclic) bond motifs is 1. The number of carbonyl (C=O) groups is 1. The van der Waals surface area contributed by atoms with Gasteiger partial charge < -0.3 is 5.32 Å². The number of thiophene rings is 1. The zero-order chi connectivity index (χ0) is 18.9. The second-order valence-electron chi connectivity index (χ2n) is 5.77. The van der Waals surface area contributed by atoms with E-state index in [4.69, 9.17) is 5.14 Å². The van der Waals surface area contributed by atoms with Gasteiger partial charge >= 0.3 is 5.69 Å². The minimum Gasteiger partial charge on any atom is -0.351 e. The highest BCUT2D eigenvalue weighted by Crippen LogP contribution is 2.20. The number of sulfonamides is 1. The number of benzene rings is 1. The molecule has 138 valence electrons. The Morgan fingerprint density at radius 3 is 2.54 bits per heavy atom. The van der Waals surface area contributed by atoms with Crippen LogP contribution in [0.25, 0.3) is 11.0 Å². The van der Waals surface area contributed by atoms with Crippen LogP contribution in [-0.4, -0.2) is 23.5 Å². The van der Waals surface area contributed by atoms with Crippen molar-refractivity contribution in [2.24, 2.45) is 12.2 Å². The topological polar surface area (TPSA) is 116 Å². The van der Waals surface area contributed by atoms with Crippen molar-refractivity contribution in [1.29, 1.82) is 0 Å². The Kier molecular flexibility index (Phi) is 4.99. The monoisotopic (exact) mass is 394 g/mol. The van der Waals surface area contributed by atoms with Crippen molar-refractivity contribution in [2.75, 3.05) is 0 Å². The Labute approximate surface area is 153 Å². The number of para-hydroxylation sites is 2. The smallest absolute Gasteiger partial charge is 0.328 e. The Morgan fingerprint density at radius 2 is 1.88 bits per heavy atom. The Morgan fingerprint density at radius 1 is 1.19 bits per heavy atom. The third-order valence-corrected chi connectivity index (χ3v) is 6.52. The molecular formula is C16H18N4O4S2. The Bertz CT molecular complexity index is 1120. The summed E-state index contributed by atoms with van der Waals surface area (Å²) < 4.78 is 25.7. The molecule has 2 aromatic heterocycles. The van der Waals surface area contributed by atoms with Gasteiger partial charge in [-0.15, -0.1) is 11.3 Å². The fourth-order valence-corrected chi connectivity index (χ4v) is 4.39. The van der Waals surface area contributed by atoms with Crippen LogP contribution in [0.5, 0.6) is 0 Å². The summed E-state index contributed by atoms with van der Waals surface area (Å²) in [5.41, 5.74) is 1.42. The first kappa shape index (κ1) is 18.4. The molecule has 0 unspecified atom stereocenters. The molecule has 0 saturated carbocycles. The number of carbonyl (C=O) groups excluding carboxylic acids is 1. The van der Waals surface area contributed by atoms with Gasteiger partial charge in [0.05, 0.1) is 17.6 Å². The molecule has 0 radical (unpaired) electrons. The third-order valence-electron chi connectivity index (χ3n) is 3.99. The number of aryl methyl sites for hydroxylation is 2. The fraction of sp³-hybridized carbons (Fsp3) is 0.250. The molecule has 0 bridgehead atoms. The summed E-state index contributed by atoms with van der Waals surface area (Å²) in [5, 5.41) is 7.78. The molecule has 0 aliphatic carbocycles. The van der Waals surface area contributed by atoms with Crippen molar-refractivity contribution in [1.82, 2.24) is 14.5 Å². The van der Waals surface area contributed by atoms with E-state index < -0.39 is 10.0 Å². The maximum absolute atomic E-state index is 12.3. The van der Waals surface area contributed by atoms with E-state index in [1.165, 1.54) is 6.07 Å². The number of aromatic nitrogens is 2. The maximum Gasteiger partial charge on any atom is 0.328 e. The molecule has 8 nitrogen and oxygen atoms in total. The van der Waals surface area contributed by atoms with Crippen molar-refractivity contribution < 1.29 is 13.2 Å². The van der Waals surface area contributed by atoms with Crippen LogP contribution in [0.3, 0.4) is 0 Å². The number of hydrogen-bond acceptors (Lipinski definition) is 5. The highest BCUT2D eigenvalue weighted by Gasteiger charge is 2.13. The minimum atomic E-state index is -3.72. The van der Waals surface area contributed by atoms with Crippen molar-refractivity contribution in [2.45, 2.75) is 23.7 Å². The highest BCUT2D eigenvalue weighted by atomic mass is 32.2. The van der Waals surface area contributed by atoms with Gasteiger partial charge in [0.1, 0.15) is 4.21 Å². The molecular weight excluding hydrogens is 376 g/mol. The standard InChI is InChI=1S/C16H18N4O4S2/c1-19-12-4-2-3-5-13(12)20(16(19)22)9-8-14(21)18-10-11-6-7-15(25-11)26(17,23)24/h2-7H,8-10H2,1H3,(H,18,21)(H2,17,23,24). The lowest BCUT2D eigenvalue weighted by atomic mass is 10.3. The van der Waals surface area contributed by atoms with Gasteiger partial charge in [-0.1, -0.05) is 12.1 Å². The number of primary sulfonamides is 1. The predicted octanol–water partition coefficient (Wildman–Crippen LogP) is 0.755. The lowest BCUT2D eigenvalue weighted by Gasteiger charge is -2.05. The lowest BCUT2D eigenvalue weighted by Crippen LogP contribution is -2.27. The lowest BCUT2D eigenvalue weighted by molar-refractivity contribution is -0.121. The van der Waals surface area contributed by atoms with Gasteiger partial charge in [-0.05, 0) is 24.3 Å². The zero-order valence-electron chi connectivity index (χ0n) is 14.0. The van der Waals surface area contributed by atoms with Gasteiger partial charge in [-0.25, -0.2) is 18.4 Å². The molecule has 0 spiro atoms. The molecule has 3 rings (SSSR count). The number of nitrogens with zero attached hydrogens (tertiary/aromatic N) is 2. The molecule has 3 N–H and O–H groups in total. The number of rotatable bonds is 6. The molecule has 26 heavy (non-hydrogen) atoms. The van der Waals surface area contributed by atoms with Crippen LogP contribution in [0.1, 0.15) is 11.3 Å². The van der Waals surface area contributed by atoms with Crippen LogP contribution >= 0.6 is 11.3 Å². The van der Waals surface area contributed by atoms with Crippen LogP contribution in [0.2, 0.25) is 0 Å². The molecule has 1 amide bonds. The van der Waals surface area contributed by atoms with E-state index in [1.807, 2.05) is 24.3 Å². The molecule has 2 heterocycles. The SMILES string of the molecule is Cn1c(=O)n(CCC(=O)NCc2ccc(S(N)(=O)=O)s2)c2ccccc21. The summed E-state index contributed by atoms with van der Waals surface area (Å²) in [5.74, 6) is -0.226. The Hall–Kier alpha value is -2.43. The first-order valence-electron chi connectivity index (χ1n) is 7.80. The van der Waals surface area contributed by atoms with Crippen LogP contribution < -0.4 is 16.1 Å². The Balaban J connectivity index is 1.62. The number of hydrogen-bond donors (Lipinski definition) is 2. The molecule has 0 aliphatic heterocycles. The van der Waals surface area contributed by atoms with Gasteiger partial charge in [-0.3, -0.25) is 13.9 Å². The van der Waals surface area contributed by atoms with Crippen LogP contribution in [-0.2, 0) is 35.0 Å². The molecule has 0 fully saturated rings. The number of amides is 1. The minimum absolute atomic E-state index is 0.0593. The summed E-state index contributed by atoms with van der Waals surface area (Å²) >= 11 is 1.02. The van der Waals surface area contributed by atoms with Crippen molar-refractivity contribution in [3.63, 3.8) is 0 Å². The molecule has 10 heteroatoms. The summed E-state index contributed by atoms with van der Waals surface area (Å²) in [6.45, 7) is 0.475.